The van der Waals surface area contributed by atoms with Gasteiger partial charge in [-0.2, -0.15) is 0 Å². The molecule has 0 aliphatic carbocycles. The summed E-state index contributed by atoms with van der Waals surface area (Å²) in [5, 5.41) is 11.2. The summed E-state index contributed by atoms with van der Waals surface area (Å²) in [6.45, 7) is 5.87. The Balaban J connectivity index is 1.20. The summed E-state index contributed by atoms with van der Waals surface area (Å²) in [7, 11) is 0. The Morgan fingerprint density at radius 3 is 2.31 bits per heavy atom. The Morgan fingerprint density at radius 1 is 0.971 bits per heavy atom. The molecule has 7 heteroatoms. The van der Waals surface area contributed by atoms with E-state index in [0.717, 1.165) is 5.56 Å². The number of likely N-dealkylation sites (tertiary alicyclic amines) is 1. The fourth-order valence-corrected chi connectivity index (χ4v) is 5.09. The standard InChI is InChI=1S/C28H32N4O3/c1-27(2,22-7-4-3-5-8-22)23-12-10-21(11-13-23)25(33)30-17-14-28(35,15-18-30)19-31-20-29-32-16-6-9-24(32)26(31)34/h3-13,16,29,35H,14-15,17-20H2,1-2H3. The van der Waals surface area contributed by atoms with E-state index in [4.69, 9.17) is 0 Å². The van der Waals surface area contributed by atoms with Gasteiger partial charge >= 0.3 is 0 Å². The number of benzene rings is 2. The first-order chi connectivity index (χ1) is 16.8. The number of carbonyl (C=O) groups excluding carboxylic acids is 2. The molecule has 3 aromatic rings. The Hall–Kier alpha value is -3.58. The minimum absolute atomic E-state index is 0.0235. The highest BCUT2D eigenvalue weighted by atomic mass is 16.3. The summed E-state index contributed by atoms with van der Waals surface area (Å²) < 4.78 is 1.70. The molecule has 0 saturated carbocycles. The Bertz CT molecular complexity index is 1210. The van der Waals surface area contributed by atoms with E-state index in [2.05, 4.69) is 31.4 Å². The Labute approximate surface area is 205 Å². The lowest BCUT2D eigenvalue weighted by Gasteiger charge is -2.42. The third-order valence-corrected chi connectivity index (χ3v) is 7.50. The zero-order valence-corrected chi connectivity index (χ0v) is 20.3. The number of amides is 2. The molecule has 0 spiro atoms. The van der Waals surface area contributed by atoms with Crippen molar-refractivity contribution in [2.45, 2.75) is 37.7 Å². The van der Waals surface area contributed by atoms with Crippen molar-refractivity contribution in [3.05, 3.63) is 95.3 Å². The first-order valence-corrected chi connectivity index (χ1v) is 12.2. The lowest BCUT2D eigenvalue weighted by atomic mass is 9.78. The van der Waals surface area contributed by atoms with Crippen molar-refractivity contribution in [1.29, 1.82) is 0 Å². The Kier molecular flexibility index (Phi) is 5.89. The summed E-state index contributed by atoms with van der Waals surface area (Å²) in [4.78, 5) is 29.3. The van der Waals surface area contributed by atoms with Crippen molar-refractivity contribution in [2.24, 2.45) is 0 Å². The van der Waals surface area contributed by atoms with E-state index in [9.17, 15) is 14.7 Å². The molecule has 2 aromatic carbocycles. The number of nitrogens with one attached hydrogen (secondary N) is 1. The molecule has 35 heavy (non-hydrogen) atoms. The Morgan fingerprint density at radius 2 is 1.63 bits per heavy atom. The average Bonchev–Trinajstić information content (AvgIpc) is 3.36. The first kappa shape index (κ1) is 23.2. The molecule has 182 valence electrons. The number of piperidine rings is 1. The molecule has 1 fully saturated rings. The first-order valence-electron chi connectivity index (χ1n) is 12.2. The van der Waals surface area contributed by atoms with Crippen molar-refractivity contribution < 1.29 is 14.7 Å². The van der Waals surface area contributed by atoms with Crippen LogP contribution in [0.4, 0.5) is 0 Å². The quantitative estimate of drug-likeness (QED) is 0.596. The highest BCUT2D eigenvalue weighted by Gasteiger charge is 2.38. The topological polar surface area (TPSA) is 77.8 Å². The van der Waals surface area contributed by atoms with Gasteiger partial charge in [-0.1, -0.05) is 56.3 Å². The molecule has 2 aliphatic heterocycles. The SMILES string of the molecule is CC(C)(c1ccccc1)c1ccc(C(=O)N2CCC(O)(CN3CNn4cccc4C3=O)CC2)cc1. The lowest BCUT2D eigenvalue weighted by Crippen LogP contribution is -2.56. The van der Waals surface area contributed by atoms with Crippen LogP contribution in [0.1, 0.15) is 58.7 Å². The zero-order chi connectivity index (χ0) is 24.6. The molecular formula is C28H32N4O3. The molecule has 0 radical (unpaired) electrons. The van der Waals surface area contributed by atoms with E-state index in [1.807, 2.05) is 48.5 Å². The van der Waals surface area contributed by atoms with Gasteiger partial charge in [0, 0.05) is 30.3 Å². The number of fused-ring (bicyclic) bond motifs is 1. The maximum Gasteiger partial charge on any atom is 0.273 e. The minimum Gasteiger partial charge on any atom is -0.388 e. The van der Waals surface area contributed by atoms with Crippen LogP contribution in [0.15, 0.2) is 72.9 Å². The van der Waals surface area contributed by atoms with Gasteiger partial charge < -0.3 is 20.3 Å². The molecule has 0 bridgehead atoms. The van der Waals surface area contributed by atoms with Crippen molar-refractivity contribution in [3.8, 4) is 0 Å². The fraction of sp³-hybridized carbons (Fsp3) is 0.357. The van der Waals surface area contributed by atoms with E-state index < -0.39 is 5.60 Å². The second kappa shape index (κ2) is 8.89. The molecule has 2 aliphatic rings. The largest absolute Gasteiger partial charge is 0.388 e. The number of β-amino-alcohol motifs (C(OH)–C–C–N with tert-alkyl or cyclic N) is 1. The second-order valence-corrected chi connectivity index (χ2v) is 10.2. The van der Waals surface area contributed by atoms with Crippen LogP contribution >= 0.6 is 0 Å². The number of hydrogen-bond donors (Lipinski definition) is 2. The van der Waals surface area contributed by atoms with Gasteiger partial charge in [-0.25, -0.2) is 0 Å². The van der Waals surface area contributed by atoms with Gasteiger partial charge in [-0.05, 0) is 48.2 Å². The minimum atomic E-state index is -1.01. The summed E-state index contributed by atoms with van der Waals surface area (Å²) in [5.41, 5.74) is 5.57. The second-order valence-electron chi connectivity index (χ2n) is 10.2. The molecule has 1 saturated heterocycles. The monoisotopic (exact) mass is 472 g/mol. The van der Waals surface area contributed by atoms with Gasteiger partial charge in [0.25, 0.3) is 11.8 Å². The van der Waals surface area contributed by atoms with Crippen LogP contribution in [-0.2, 0) is 5.41 Å². The van der Waals surface area contributed by atoms with Crippen LogP contribution < -0.4 is 5.43 Å². The molecular weight excluding hydrogens is 440 g/mol. The van der Waals surface area contributed by atoms with Gasteiger partial charge in [-0.3, -0.25) is 14.3 Å². The number of carbonyl (C=O) groups is 2. The van der Waals surface area contributed by atoms with E-state index in [1.54, 1.807) is 26.7 Å². The molecule has 5 rings (SSSR count). The van der Waals surface area contributed by atoms with Crippen LogP contribution in [0.5, 0.6) is 0 Å². The van der Waals surface area contributed by atoms with Crippen LogP contribution in [0.2, 0.25) is 0 Å². The predicted molar refractivity (Wildman–Crippen MR) is 135 cm³/mol. The third kappa shape index (κ3) is 4.44. The van der Waals surface area contributed by atoms with Crippen molar-refractivity contribution in [2.75, 3.05) is 31.7 Å². The summed E-state index contributed by atoms with van der Waals surface area (Å²) in [6, 6.07) is 21.8. The van der Waals surface area contributed by atoms with Gasteiger partial charge in [0.1, 0.15) is 12.4 Å². The number of rotatable bonds is 5. The molecule has 0 atom stereocenters. The van der Waals surface area contributed by atoms with Crippen LogP contribution in [0.25, 0.3) is 0 Å². The third-order valence-electron chi connectivity index (χ3n) is 7.50. The fourth-order valence-electron chi connectivity index (χ4n) is 5.09. The zero-order valence-electron chi connectivity index (χ0n) is 20.3. The molecule has 1 aromatic heterocycles. The molecule has 3 heterocycles. The summed E-state index contributed by atoms with van der Waals surface area (Å²) in [6.07, 6.45) is 2.67. The van der Waals surface area contributed by atoms with E-state index in [-0.39, 0.29) is 23.8 Å². The van der Waals surface area contributed by atoms with Crippen molar-refractivity contribution >= 4 is 11.8 Å². The normalized spacial score (nSPS) is 17.6. The van der Waals surface area contributed by atoms with Gasteiger partial charge in [-0.15, -0.1) is 0 Å². The highest BCUT2D eigenvalue weighted by Crippen LogP contribution is 2.32. The van der Waals surface area contributed by atoms with Crippen LogP contribution in [-0.4, -0.2) is 63.3 Å². The lowest BCUT2D eigenvalue weighted by molar-refractivity contribution is -0.0369. The molecule has 7 nitrogen and oxygen atoms in total. The van der Waals surface area contributed by atoms with Gasteiger partial charge in [0.2, 0.25) is 0 Å². The van der Waals surface area contributed by atoms with E-state index >= 15 is 0 Å². The number of nitrogens with zero attached hydrogens (tertiary/aromatic N) is 3. The van der Waals surface area contributed by atoms with Crippen molar-refractivity contribution in [3.63, 3.8) is 0 Å². The maximum absolute atomic E-state index is 13.2. The van der Waals surface area contributed by atoms with Crippen LogP contribution in [0.3, 0.4) is 0 Å². The number of aromatic nitrogens is 1. The number of hydrogen-bond acceptors (Lipinski definition) is 4. The highest BCUT2D eigenvalue weighted by molar-refractivity contribution is 5.94. The van der Waals surface area contributed by atoms with E-state index in [0.29, 0.717) is 43.9 Å². The predicted octanol–water partition coefficient (Wildman–Crippen LogP) is 3.44. The molecule has 0 unspecified atom stereocenters. The molecule has 2 amide bonds. The number of aliphatic hydroxyl groups is 1. The smallest absolute Gasteiger partial charge is 0.273 e. The van der Waals surface area contributed by atoms with E-state index in [1.165, 1.54) is 5.56 Å². The van der Waals surface area contributed by atoms with Crippen molar-refractivity contribution in [1.82, 2.24) is 14.5 Å². The average molecular weight is 473 g/mol. The summed E-state index contributed by atoms with van der Waals surface area (Å²) >= 11 is 0. The molecule has 2 N–H and O–H groups in total. The maximum atomic E-state index is 13.2. The van der Waals surface area contributed by atoms with Gasteiger partial charge in [0.05, 0.1) is 12.1 Å². The van der Waals surface area contributed by atoms with Crippen LogP contribution in [0, 0.1) is 0 Å². The van der Waals surface area contributed by atoms with Gasteiger partial charge in [0.15, 0.2) is 0 Å². The summed E-state index contributed by atoms with van der Waals surface area (Å²) in [5.74, 6) is -0.121.